The van der Waals surface area contributed by atoms with E-state index in [9.17, 15) is 9.59 Å². The summed E-state index contributed by atoms with van der Waals surface area (Å²) in [7, 11) is 2.98. The van der Waals surface area contributed by atoms with Crippen molar-refractivity contribution in [2.75, 3.05) is 34.0 Å². The highest BCUT2D eigenvalue weighted by atomic mass is 35.5. The lowest BCUT2D eigenvalue weighted by molar-refractivity contribution is -0.143. The molecule has 7 nitrogen and oxygen atoms in total. The first-order valence-corrected chi connectivity index (χ1v) is 8.56. The molecule has 0 radical (unpaired) electrons. The zero-order valence-corrected chi connectivity index (χ0v) is 15.5. The van der Waals surface area contributed by atoms with Crippen molar-refractivity contribution in [2.45, 2.75) is 18.9 Å². The molecule has 1 aromatic rings. The first kappa shape index (κ1) is 20.1. The van der Waals surface area contributed by atoms with Gasteiger partial charge in [-0.15, -0.1) is 0 Å². The van der Waals surface area contributed by atoms with E-state index in [1.807, 2.05) is 0 Å². The number of hydrogen-bond acceptors (Lipinski definition) is 6. The summed E-state index contributed by atoms with van der Waals surface area (Å²) < 4.78 is 20.6. The number of rotatable bonds is 8. The average molecular weight is 384 g/mol. The van der Waals surface area contributed by atoms with Crippen molar-refractivity contribution < 1.29 is 28.5 Å². The predicted octanol–water partition coefficient (Wildman–Crippen LogP) is 2.21. The number of benzene rings is 1. The van der Waals surface area contributed by atoms with Gasteiger partial charge in [0, 0.05) is 19.2 Å². The van der Waals surface area contributed by atoms with Gasteiger partial charge in [0.25, 0.3) is 5.91 Å². The molecule has 2 rings (SSSR count). The van der Waals surface area contributed by atoms with Crippen LogP contribution in [0.1, 0.15) is 18.4 Å². The number of hydrogen-bond donors (Lipinski definition) is 1. The molecule has 0 bridgehead atoms. The number of methoxy groups -OCH3 is 2. The van der Waals surface area contributed by atoms with Crippen LogP contribution in [0.25, 0.3) is 6.08 Å². The van der Waals surface area contributed by atoms with Crippen molar-refractivity contribution in [1.82, 2.24) is 5.32 Å². The summed E-state index contributed by atoms with van der Waals surface area (Å²) in [4.78, 5) is 23.4. The fraction of sp³-hybridized carbons (Fsp3) is 0.444. The standard InChI is InChI=1S/C18H22ClNO6/c1-23-15-9-12(8-14(19)18(15)24-2)5-6-17(22)26-11-16(21)20-10-13-4-3-7-25-13/h5-6,8-9,13H,3-4,7,10-11H2,1-2H3,(H,20,21)/b6-5+/t13-/m0/s1. The monoisotopic (exact) mass is 383 g/mol. The van der Waals surface area contributed by atoms with E-state index in [4.69, 9.17) is 30.5 Å². The van der Waals surface area contributed by atoms with Gasteiger partial charge >= 0.3 is 5.97 Å². The maximum absolute atomic E-state index is 11.7. The van der Waals surface area contributed by atoms with Crippen molar-refractivity contribution in [2.24, 2.45) is 0 Å². The van der Waals surface area contributed by atoms with E-state index in [2.05, 4.69) is 5.32 Å². The third-order valence-corrected chi connectivity index (χ3v) is 4.04. The van der Waals surface area contributed by atoms with E-state index in [-0.39, 0.29) is 18.6 Å². The number of carbonyl (C=O) groups excluding carboxylic acids is 2. The van der Waals surface area contributed by atoms with Crippen molar-refractivity contribution in [3.8, 4) is 11.5 Å². The lowest BCUT2D eigenvalue weighted by Crippen LogP contribution is -2.34. The van der Waals surface area contributed by atoms with Crippen LogP contribution in [0.5, 0.6) is 11.5 Å². The molecule has 0 aliphatic carbocycles. The van der Waals surface area contributed by atoms with Gasteiger partial charge in [0.2, 0.25) is 0 Å². The molecule has 1 saturated heterocycles. The molecule has 1 atom stereocenters. The second-order valence-electron chi connectivity index (χ2n) is 5.62. The van der Waals surface area contributed by atoms with Gasteiger partial charge in [0.05, 0.1) is 25.3 Å². The molecule has 142 valence electrons. The summed E-state index contributed by atoms with van der Waals surface area (Å²) in [6.45, 7) is 0.805. The highest BCUT2D eigenvalue weighted by Crippen LogP contribution is 2.36. The minimum Gasteiger partial charge on any atom is -0.493 e. The Labute approximate surface area is 157 Å². The maximum Gasteiger partial charge on any atom is 0.331 e. The minimum atomic E-state index is -0.636. The SMILES string of the molecule is COc1cc(/C=C/C(=O)OCC(=O)NC[C@@H]2CCCO2)cc(Cl)c1OC. The molecule has 0 aromatic heterocycles. The van der Waals surface area contributed by atoms with Gasteiger partial charge in [0.1, 0.15) is 0 Å². The van der Waals surface area contributed by atoms with Gasteiger partial charge < -0.3 is 24.3 Å². The molecule has 0 unspecified atom stereocenters. The van der Waals surface area contributed by atoms with Crippen LogP contribution >= 0.6 is 11.6 Å². The predicted molar refractivity (Wildman–Crippen MR) is 96.5 cm³/mol. The molecular formula is C18H22ClNO6. The number of nitrogens with one attached hydrogen (secondary N) is 1. The average Bonchev–Trinajstić information content (AvgIpc) is 3.16. The van der Waals surface area contributed by atoms with E-state index in [1.165, 1.54) is 26.4 Å². The van der Waals surface area contributed by atoms with E-state index in [0.717, 1.165) is 19.4 Å². The number of amides is 1. The molecule has 1 amide bonds. The van der Waals surface area contributed by atoms with Crippen molar-refractivity contribution in [3.05, 3.63) is 28.8 Å². The summed E-state index contributed by atoms with van der Waals surface area (Å²) in [6, 6.07) is 3.30. The van der Waals surface area contributed by atoms with Gasteiger partial charge in [-0.1, -0.05) is 11.6 Å². The number of esters is 1. The zero-order valence-electron chi connectivity index (χ0n) is 14.7. The first-order valence-electron chi connectivity index (χ1n) is 8.18. The van der Waals surface area contributed by atoms with Crippen molar-refractivity contribution >= 4 is 29.6 Å². The summed E-state index contributed by atoms with van der Waals surface area (Å²) in [5.41, 5.74) is 0.632. The van der Waals surface area contributed by atoms with Crippen LogP contribution in [0.15, 0.2) is 18.2 Å². The zero-order chi connectivity index (χ0) is 18.9. The van der Waals surface area contributed by atoms with Crippen LogP contribution < -0.4 is 14.8 Å². The van der Waals surface area contributed by atoms with Gasteiger partial charge in [-0.2, -0.15) is 0 Å². The van der Waals surface area contributed by atoms with Crippen LogP contribution in [0.2, 0.25) is 5.02 Å². The second kappa shape index (κ2) is 10.0. The topological polar surface area (TPSA) is 83.1 Å². The fourth-order valence-corrected chi connectivity index (χ4v) is 2.76. The molecule has 1 aromatic carbocycles. The molecule has 1 heterocycles. The molecular weight excluding hydrogens is 362 g/mol. The van der Waals surface area contributed by atoms with Crippen LogP contribution in [0, 0.1) is 0 Å². The maximum atomic E-state index is 11.7. The molecule has 8 heteroatoms. The van der Waals surface area contributed by atoms with Crippen molar-refractivity contribution in [3.63, 3.8) is 0 Å². The van der Waals surface area contributed by atoms with Gasteiger partial charge in [-0.25, -0.2) is 4.79 Å². The Morgan fingerprint density at radius 1 is 1.35 bits per heavy atom. The van der Waals surface area contributed by atoms with Crippen LogP contribution in [-0.2, 0) is 19.1 Å². The van der Waals surface area contributed by atoms with Crippen LogP contribution in [0.4, 0.5) is 0 Å². The molecule has 26 heavy (non-hydrogen) atoms. The van der Waals surface area contributed by atoms with Gasteiger partial charge in [0.15, 0.2) is 18.1 Å². The quantitative estimate of drug-likeness (QED) is 0.547. The molecule has 1 fully saturated rings. The number of carbonyl (C=O) groups is 2. The number of halogens is 1. The van der Waals surface area contributed by atoms with Gasteiger partial charge in [-0.3, -0.25) is 4.79 Å². The van der Waals surface area contributed by atoms with Crippen LogP contribution in [0.3, 0.4) is 0 Å². The summed E-state index contributed by atoms with van der Waals surface area (Å²) >= 11 is 6.10. The lowest BCUT2D eigenvalue weighted by atomic mass is 10.2. The van der Waals surface area contributed by atoms with E-state index in [0.29, 0.717) is 28.6 Å². The lowest BCUT2D eigenvalue weighted by Gasteiger charge is -2.10. The van der Waals surface area contributed by atoms with Crippen molar-refractivity contribution in [1.29, 1.82) is 0 Å². The Balaban J connectivity index is 1.81. The smallest absolute Gasteiger partial charge is 0.331 e. The summed E-state index contributed by atoms with van der Waals surface area (Å²) in [5, 5.41) is 3.03. The molecule has 0 saturated carbocycles. The molecule has 1 aliphatic heterocycles. The normalized spacial score (nSPS) is 16.5. The Kier molecular flexibility index (Phi) is 7.74. The van der Waals surface area contributed by atoms with Crippen LogP contribution in [-0.4, -0.2) is 52.0 Å². The highest BCUT2D eigenvalue weighted by Gasteiger charge is 2.16. The van der Waals surface area contributed by atoms with Gasteiger partial charge in [-0.05, 0) is 36.6 Å². The van der Waals surface area contributed by atoms with E-state index in [1.54, 1.807) is 12.1 Å². The molecule has 0 spiro atoms. The van der Waals surface area contributed by atoms with E-state index < -0.39 is 5.97 Å². The fourth-order valence-electron chi connectivity index (χ4n) is 2.47. The molecule has 1 aliphatic rings. The Morgan fingerprint density at radius 3 is 2.81 bits per heavy atom. The second-order valence-corrected chi connectivity index (χ2v) is 6.03. The Bertz CT molecular complexity index is 670. The first-order chi connectivity index (χ1) is 12.5. The minimum absolute atomic E-state index is 0.0457. The third kappa shape index (κ3) is 5.93. The number of ether oxygens (including phenoxy) is 4. The molecule has 1 N–H and O–H groups in total. The Morgan fingerprint density at radius 2 is 2.15 bits per heavy atom. The van der Waals surface area contributed by atoms with E-state index >= 15 is 0 Å². The summed E-state index contributed by atoms with van der Waals surface area (Å²) in [6.07, 6.45) is 4.70. The largest absolute Gasteiger partial charge is 0.493 e. The highest BCUT2D eigenvalue weighted by molar-refractivity contribution is 6.32. The third-order valence-electron chi connectivity index (χ3n) is 3.76. The summed E-state index contributed by atoms with van der Waals surface area (Å²) in [5.74, 6) is -0.141. The Hall–Kier alpha value is -2.25.